The molecule has 1 N–H and O–H groups in total. The van der Waals surface area contributed by atoms with Crippen LogP contribution in [0.2, 0.25) is 5.02 Å². The van der Waals surface area contributed by atoms with Crippen LogP contribution in [-0.2, 0) is 16.1 Å². The van der Waals surface area contributed by atoms with E-state index in [1.165, 1.54) is 11.7 Å². The average molecular weight is 467 g/mol. The van der Waals surface area contributed by atoms with Crippen LogP contribution < -0.4 is 10.9 Å². The lowest BCUT2D eigenvalue weighted by Crippen LogP contribution is -2.26. The van der Waals surface area contributed by atoms with Gasteiger partial charge in [-0.2, -0.15) is 0 Å². The molecule has 3 aromatic rings. The van der Waals surface area contributed by atoms with Crippen LogP contribution in [0.25, 0.3) is 10.9 Å². The fourth-order valence-electron chi connectivity index (χ4n) is 2.70. The number of hydrogen-bond donors (Lipinski definition) is 1. The number of nitro groups is 1. The molecular formula is C19H16ClFN4O5S. The number of nitrogens with zero attached hydrogens (tertiary/aromatic N) is 3. The van der Waals surface area contributed by atoms with E-state index in [0.717, 1.165) is 30.0 Å². The lowest BCUT2D eigenvalue weighted by molar-refractivity contribution is -0.384. The zero-order valence-corrected chi connectivity index (χ0v) is 17.7. The minimum atomic E-state index is -0.806. The lowest BCUT2D eigenvalue weighted by atomic mass is 10.2. The van der Waals surface area contributed by atoms with Crippen LogP contribution in [0, 0.1) is 15.9 Å². The van der Waals surface area contributed by atoms with Crippen LogP contribution in [0.15, 0.2) is 46.3 Å². The van der Waals surface area contributed by atoms with E-state index in [2.05, 4.69) is 10.3 Å². The number of carbonyl (C=O) groups excluding carboxylic acids is 1. The Balaban J connectivity index is 1.84. The van der Waals surface area contributed by atoms with Gasteiger partial charge in [0.1, 0.15) is 5.82 Å². The highest BCUT2D eigenvalue weighted by Gasteiger charge is 2.16. The summed E-state index contributed by atoms with van der Waals surface area (Å²) in [4.78, 5) is 39.8. The summed E-state index contributed by atoms with van der Waals surface area (Å²) in [5.41, 5.74) is -0.606. The molecule has 0 radical (unpaired) electrons. The molecule has 0 aliphatic heterocycles. The molecule has 1 heterocycles. The van der Waals surface area contributed by atoms with Gasteiger partial charge in [-0.1, -0.05) is 23.4 Å². The number of non-ortho nitro benzene ring substituents is 1. The van der Waals surface area contributed by atoms with Gasteiger partial charge in [0.15, 0.2) is 5.16 Å². The summed E-state index contributed by atoms with van der Waals surface area (Å²) < 4.78 is 20.3. The van der Waals surface area contributed by atoms with Crippen molar-refractivity contribution in [2.45, 2.75) is 11.7 Å². The monoisotopic (exact) mass is 466 g/mol. The maximum atomic E-state index is 13.9. The quantitative estimate of drug-likeness (QED) is 0.234. The minimum Gasteiger partial charge on any atom is -0.383 e. The predicted octanol–water partition coefficient (Wildman–Crippen LogP) is 3.47. The number of ether oxygens (including phenoxy) is 1. The number of aromatic nitrogens is 2. The fourth-order valence-corrected chi connectivity index (χ4v) is 3.69. The fraction of sp³-hybridized carbons (Fsp3) is 0.211. The second-order valence-corrected chi connectivity index (χ2v) is 7.64. The molecule has 2 aromatic carbocycles. The van der Waals surface area contributed by atoms with Gasteiger partial charge < -0.3 is 10.1 Å². The van der Waals surface area contributed by atoms with Crippen molar-refractivity contribution in [3.8, 4) is 0 Å². The molecule has 1 amide bonds. The van der Waals surface area contributed by atoms with Crippen molar-refractivity contribution < 1.29 is 18.8 Å². The van der Waals surface area contributed by atoms with E-state index in [4.69, 9.17) is 16.3 Å². The summed E-state index contributed by atoms with van der Waals surface area (Å²) in [6.45, 7) is 0.462. The van der Waals surface area contributed by atoms with Gasteiger partial charge in [-0.3, -0.25) is 24.3 Å². The van der Waals surface area contributed by atoms with Gasteiger partial charge in [0, 0.05) is 24.3 Å². The molecule has 0 aliphatic carbocycles. The van der Waals surface area contributed by atoms with E-state index < -0.39 is 16.6 Å². The predicted molar refractivity (Wildman–Crippen MR) is 115 cm³/mol. The maximum Gasteiger partial charge on any atom is 0.271 e. The van der Waals surface area contributed by atoms with Crippen LogP contribution >= 0.6 is 23.4 Å². The topological polar surface area (TPSA) is 116 Å². The highest BCUT2D eigenvalue weighted by atomic mass is 35.5. The third-order valence-corrected chi connectivity index (χ3v) is 5.38. The van der Waals surface area contributed by atoms with Crippen molar-refractivity contribution in [2.75, 3.05) is 24.8 Å². The normalized spacial score (nSPS) is 10.9. The smallest absolute Gasteiger partial charge is 0.271 e. The molecule has 1 aromatic heterocycles. The van der Waals surface area contributed by atoms with Crippen molar-refractivity contribution in [3.63, 3.8) is 0 Å². The van der Waals surface area contributed by atoms with Crippen molar-refractivity contribution in [2.24, 2.45) is 0 Å². The van der Waals surface area contributed by atoms with E-state index in [-0.39, 0.29) is 41.0 Å². The Labute approximate surface area is 184 Å². The van der Waals surface area contributed by atoms with E-state index in [1.807, 2.05) is 0 Å². The number of anilines is 1. The molecule has 12 heteroatoms. The highest BCUT2D eigenvalue weighted by molar-refractivity contribution is 7.99. The Morgan fingerprint density at radius 1 is 1.35 bits per heavy atom. The van der Waals surface area contributed by atoms with Gasteiger partial charge in [-0.25, -0.2) is 9.37 Å². The van der Waals surface area contributed by atoms with Crippen LogP contribution in [0.4, 0.5) is 15.8 Å². The molecule has 0 atom stereocenters. The average Bonchev–Trinajstić information content (AvgIpc) is 2.73. The Kier molecular flexibility index (Phi) is 7.21. The van der Waals surface area contributed by atoms with Crippen LogP contribution in [0.1, 0.15) is 0 Å². The largest absolute Gasteiger partial charge is 0.383 e. The van der Waals surface area contributed by atoms with Gasteiger partial charge in [-0.15, -0.1) is 0 Å². The van der Waals surface area contributed by atoms with Gasteiger partial charge in [0.2, 0.25) is 5.91 Å². The Bertz CT molecular complexity index is 1220. The Hall–Kier alpha value is -3.02. The Morgan fingerprint density at radius 3 is 2.84 bits per heavy atom. The molecule has 162 valence electrons. The van der Waals surface area contributed by atoms with E-state index >= 15 is 0 Å². The molecule has 0 spiro atoms. The molecule has 9 nitrogen and oxygen atoms in total. The number of hydrogen-bond acceptors (Lipinski definition) is 7. The van der Waals surface area contributed by atoms with Gasteiger partial charge >= 0.3 is 0 Å². The molecule has 3 rings (SSSR count). The van der Waals surface area contributed by atoms with Gasteiger partial charge in [0.25, 0.3) is 11.2 Å². The number of methoxy groups -OCH3 is 1. The van der Waals surface area contributed by atoms with Gasteiger partial charge in [0.05, 0.1) is 40.4 Å². The van der Waals surface area contributed by atoms with Crippen molar-refractivity contribution in [1.82, 2.24) is 9.55 Å². The molecular weight excluding hydrogens is 451 g/mol. The first kappa shape index (κ1) is 22.7. The van der Waals surface area contributed by atoms with Crippen LogP contribution in [0.3, 0.4) is 0 Å². The number of benzene rings is 2. The molecule has 0 fully saturated rings. The Morgan fingerprint density at radius 2 is 2.13 bits per heavy atom. The molecule has 0 unspecified atom stereocenters. The summed E-state index contributed by atoms with van der Waals surface area (Å²) in [5.74, 6) is -1.64. The number of carbonyl (C=O) groups is 1. The molecule has 31 heavy (non-hydrogen) atoms. The number of halogens is 2. The van der Waals surface area contributed by atoms with Crippen LogP contribution in [-0.4, -0.2) is 39.9 Å². The summed E-state index contributed by atoms with van der Waals surface area (Å²) >= 11 is 6.95. The summed E-state index contributed by atoms with van der Waals surface area (Å²) in [6, 6.07) is 7.53. The molecule has 0 aliphatic rings. The van der Waals surface area contributed by atoms with Crippen molar-refractivity contribution >= 4 is 51.5 Å². The first-order valence-electron chi connectivity index (χ1n) is 8.85. The molecule has 0 saturated carbocycles. The molecule has 0 saturated heterocycles. The second kappa shape index (κ2) is 9.86. The van der Waals surface area contributed by atoms with Crippen LogP contribution in [0.5, 0.6) is 0 Å². The first-order valence-corrected chi connectivity index (χ1v) is 10.2. The summed E-state index contributed by atoms with van der Waals surface area (Å²) in [7, 11) is 1.49. The number of rotatable bonds is 8. The number of nitro benzene ring substituents is 1. The number of amides is 1. The lowest BCUT2D eigenvalue weighted by Gasteiger charge is -2.13. The standard InChI is InChI=1S/C19H16ClFN4O5S/c1-30-7-6-24-18(27)13-4-2-11(20)8-15(13)23-19(24)31-10-17(26)22-16-9-12(25(28)29)3-5-14(16)21/h2-5,8-9H,6-7,10H2,1H3,(H,22,26). The van der Waals surface area contributed by atoms with E-state index in [0.29, 0.717) is 15.9 Å². The third kappa shape index (κ3) is 5.37. The maximum absolute atomic E-state index is 13.9. The first-order chi connectivity index (χ1) is 14.8. The molecule has 0 bridgehead atoms. The number of fused-ring (bicyclic) bond motifs is 1. The zero-order chi connectivity index (χ0) is 22.5. The van der Waals surface area contributed by atoms with Crippen molar-refractivity contribution in [3.05, 3.63) is 67.7 Å². The summed E-state index contributed by atoms with van der Waals surface area (Å²) in [6.07, 6.45) is 0. The summed E-state index contributed by atoms with van der Waals surface area (Å²) in [5, 5.41) is 14.2. The van der Waals surface area contributed by atoms with Crippen molar-refractivity contribution in [1.29, 1.82) is 0 Å². The zero-order valence-electron chi connectivity index (χ0n) is 16.1. The second-order valence-electron chi connectivity index (χ2n) is 6.26. The van der Waals surface area contributed by atoms with E-state index in [1.54, 1.807) is 18.2 Å². The van der Waals surface area contributed by atoms with Gasteiger partial charge in [-0.05, 0) is 24.3 Å². The minimum absolute atomic E-state index is 0.213. The highest BCUT2D eigenvalue weighted by Crippen LogP contribution is 2.23. The number of thioether (sulfide) groups is 1. The third-order valence-electron chi connectivity index (χ3n) is 4.17. The SMILES string of the molecule is COCCn1c(SCC(=O)Nc2cc([N+](=O)[O-])ccc2F)nc2cc(Cl)ccc2c1=O. The number of nitrogens with one attached hydrogen (secondary N) is 1. The van der Waals surface area contributed by atoms with E-state index in [9.17, 15) is 24.1 Å².